The molecule has 0 aliphatic rings. The van der Waals surface area contributed by atoms with Gasteiger partial charge in [0.25, 0.3) is 0 Å². The third kappa shape index (κ3) is 35.1. The Bertz CT molecular complexity index is 265. The average Bonchev–Trinajstić information content (AvgIpc) is 2.74. The Hall–Kier alpha value is -0.360. The van der Waals surface area contributed by atoms with Gasteiger partial charge in [0.15, 0.2) is 0 Å². The van der Waals surface area contributed by atoms with Crippen LogP contribution in [-0.2, 0) is 28.4 Å². The van der Waals surface area contributed by atoms with Crippen LogP contribution in [0.1, 0.15) is 39.5 Å². The zero-order valence-corrected chi connectivity index (χ0v) is 19.1. The standard InChI is InChI=1S/C12H26O7.C9H20O2/c13-1-3-15-5-7-17-9-11-19-12-10-18-8-6-16-4-2-14;1-3-4-5-6-7-11-8-9(2)10/h13-14H,1-12H2;9-10H,3-8H2,1-2H3. The third-order valence-corrected chi connectivity index (χ3v) is 3.46. The summed E-state index contributed by atoms with van der Waals surface area (Å²) >= 11 is 0. The van der Waals surface area contributed by atoms with E-state index in [-0.39, 0.29) is 19.3 Å². The topological polar surface area (TPSA) is 116 Å². The van der Waals surface area contributed by atoms with E-state index in [0.29, 0.717) is 72.7 Å². The molecule has 0 saturated heterocycles. The highest BCUT2D eigenvalue weighted by Crippen LogP contribution is 1.98. The molecule has 0 bridgehead atoms. The van der Waals surface area contributed by atoms with Gasteiger partial charge in [0.2, 0.25) is 0 Å². The van der Waals surface area contributed by atoms with Crippen molar-refractivity contribution in [2.75, 3.05) is 92.5 Å². The molecule has 0 rings (SSSR count). The van der Waals surface area contributed by atoms with Crippen molar-refractivity contribution in [3.8, 4) is 0 Å². The van der Waals surface area contributed by atoms with Crippen molar-refractivity contribution >= 4 is 0 Å². The van der Waals surface area contributed by atoms with E-state index >= 15 is 0 Å². The monoisotopic (exact) mass is 442 g/mol. The summed E-state index contributed by atoms with van der Waals surface area (Å²) in [6.07, 6.45) is 4.60. The molecule has 0 aromatic heterocycles. The lowest BCUT2D eigenvalue weighted by molar-refractivity contribution is -0.0151. The predicted molar refractivity (Wildman–Crippen MR) is 115 cm³/mol. The van der Waals surface area contributed by atoms with Gasteiger partial charge in [-0.05, 0) is 13.3 Å². The zero-order valence-electron chi connectivity index (χ0n) is 19.1. The number of aliphatic hydroxyl groups is 3. The highest BCUT2D eigenvalue weighted by molar-refractivity contribution is 4.43. The molecule has 9 nitrogen and oxygen atoms in total. The summed E-state index contributed by atoms with van der Waals surface area (Å²) < 4.78 is 31.0. The van der Waals surface area contributed by atoms with E-state index < -0.39 is 0 Å². The van der Waals surface area contributed by atoms with E-state index in [2.05, 4.69) is 6.92 Å². The second kappa shape index (κ2) is 30.8. The van der Waals surface area contributed by atoms with Crippen LogP contribution in [0.2, 0.25) is 0 Å². The first-order valence-corrected chi connectivity index (χ1v) is 11.0. The molecule has 30 heavy (non-hydrogen) atoms. The van der Waals surface area contributed by atoms with Gasteiger partial charge in [-0.3, -0.25) is 0 Å². The van der Waals surface area contributed by atoms with Crippen LogP contribution in [0.15, 0.2) is 0 Å². The maximum Gasteiger partial charge on any atom is 0.0745 e. The maximum atomic E-state index is 8.83. The molecule has 0 fully saturated rings. The molecule has 9 heteroatoms. The average molecular weight is 443 g/mol. The van der Waals surface area contributed by atoms with Crippen molar-refractivity contribution in [2.45, 2.75) is 45.6 Å². The Morgan fingerprint density at radius 2 is 0.933 bits per heavy atom. The maximum absolute atomic E-state index is 8.83. The second-order valence-corrected chi connectivity index (χ2v) is 6.49. The Balaban J connectivity index is 0. The van der Waals surface area contributed by atoms with Gasteiger partial charge < -0.3 is 43.7 Å². The van der Waals surface area contributed by atoms with Gasteiger partial charge >= 0.3 is 0 Å². The smallest absolute Gasteiger partial charge is 0.0745 e. The summed E-state index contributed by atoms with van der Waals surface area (Å²) in [6.45, 7) is 10.0. The summed E-state index contributed by atoms with van der Waals surface area (Å²) in [5, 5.41) is 25.7. The molecule has 0 amide bonds. The van der Waals surface area contributed by atoms with E-state index in [9.17, 15) is 0 Å². The Kier molecular flexibility index (Phi) is 32.7. The van der Waals surface area contributed by atoms with Crippen molar-refractivity contribution < 1.29 is 43.7 Å². The van der Waals surface area contributed by atoms with Gasteiger partial charge in [-0.15, -0.1) is 0 Å². The Morgan fingerprint density at radius 1 is 0.533 bits per heavy atom. The van der Waals surface area contributed by atoms with Gasteiger partial charge in [-0.25, -0.2) is 0 Å². The van der Waals surface area contributed by atoms with Gasteiger partial charge in [-0.1, -0.05) is 26.2 Å². The first kappa shape index (κ1) is 31.8. The third-order valence-electron chi connectivity index (χ3n) is 3.46. The molecule has 0 saturated carbocycles. The van der Waals surface area contributed by atoms with Crippen molar-refractivity contribution in [1.82, 2.24) is 0 Å². The molecule has 0 aromatic carbocycles. The van der Waals surface area contributed by atoms with Crippen LogP contribution in [0.25, 0.3) is 0 Å². The molecule has 0 heterocycles. The van der Waals surface area contributed by atoms with Crippen molar-refractivity contribution in [3.05, 3.63) is 0 Å². The number of hydrogen-bond acceptors (Lipinski definition) is 9. The van der Waals surface area contributed by atoms with Crippen LogP contribution in [-0.4, -0.2) is 114 Å². The van der Waals surface area contributed by atoms with E-state index in [1.54, 1.807) is 6.92 Å². The minimum absolute atomic E-state index is 0.0359. The lowest BCUT2D eigenvalue weighted by Gasteiger charge is -2.07. The predicted octanol–water partition coefficient (Wildman–Crippen LogP) is 1.02. The Labute approximate surface area is 182 Å². The summed E-state index contributed by atoms with van der Waals surface area (Å²) in [4.78, 5) is 0. The largest absolute Gasteiger partial charge is 0.394 e. The number of hydrogen-bond donors (Lipinski definition) is 3. The quantitative estimate of drug-likeness (QED) is 0.199. The van der Waals surface area contributed by atoms with Crippen molar-refractivity contribution in [2.24, 2.45) is 0 Å². The zero-order chi connectivity index (χ0) is 22.5. The van der Waals surface area contributed by atoms with Crippen LogP contribution >= 0.6 is 0 Å². The lowest BCUT2D eigenvalue weighted by atomic mass is 10.2. The molecule has 0 aliphatic carbocycles. The highest BCUT2D eigenvalue weighted by atomic mass is 16.6. The van der Waals surface area contributed by atoms with Gasteiger partial charge in [0.05, 0.1) is 92.0 Å². The van der Waals surface area contributed by atoms with E-state index in [0.717, 1.165) is 13.0 Å². The molecule has 0 aromatic rings. The first-order valence-electron chi connectivity index (χ1n) is 11.0. The van der Waals surface area contributed by atoms with Crippen LogP contribution < -0.4 is 0 Å². The van der Waals surface area contributed by atoms with E-state index in [1.807, 2.05) is 0 Å². The summed E-state index contributed by atoms with van der Waals surface area (Å²) in [5.41, 5.74) is 0. The van der Waals surface area contributed by atoms with Crippen LogP contribution in [0, 0.1) is 0 Å². The SMILES string of the molecule is CCCCCCOCC(C)O.OCCOCCOCCOCCOCCOCCO. The molecule has 0 aliphatic heterocycles. The minimum atomic E-state index is -0.318. The van der Waals surface area contributed by atoms with Crippen LogP contribution in [0.5, 0.6) is 0 Å². The van der Waals surface area contributed by atoms with E-state index in [4.69, 9.17) is 43.7 Å². The minimum Gasteiger partial charge on any atom is -0.394 e. The summed E-state index contributed by atoms with van der Waals surface area (Å²) in [7, 11) is 0. The molecule has 184 valence electrons. The first-order chi connectivity index (χ1) is 14.7. The van der Waals surface area contributed by atoms with Crippen LogP contribution in [0.3, 0.4) is 0 Å². The van der Waals surface area contributed by atoms with Gasteiger partial charge in [0, 0.05) is 6.61 Å². The lowest BCUT2D eigenvalue weighted by Crippen LogP contribution is -2.14. The molecule has 0 spiro atoms. The number of unbranched alkanes of at least 4 members (excludes halogenated alkanes) is 3. The fraction of sp³-hybridized carbons (Fsp3) is 1.00. The number of ether oxygens (including phenoxy) is 6. The van der Waals surface area contributed by atoms with Crippen molar-refractivity contribution in [3.63, 3.8) is 0 Å². The normalized spacial score (nSPS) is 11.9. The number of rotatable bonds is 23. The van der Waals surface area contributed by atoms with Gasteiger partial charge in [-0.2, -0.15) is 0 Å². The number of aliphatic hydroxyl groups excluding tert-OH is 3. The summed E-state index contributed by atoms with van der Waals surface area (Å²) in [5.74, 6) is 0. The van der Waals surface area contributed by atoms with Gasteiger partial charge in [0.1, 0.15) is 0 Å². The molecular formula is C21H46O9. The highest BCUT2D eigenvalue weighted by Gasteiger charge is 1.94. The fourth-order valence-corrected chi connectivity index (χ4v) is 2.00. The second-order valence-electron chi connectivity index (χ2n) is 6.49. The molecule has 1 atom stereocenters. The van der Waals surface area contributed by atoms with Crippen molar-refractivity contribution in [1.29, 1.82) is 0 Å². The molecule has 3 N–H and O–H groups in total. The van der Waals surface area contributed by atoms with E-state index in [1.165, 1.54) is 19.3 Å². The molecule has 0 radical (unpaired) electrons. The Morgan fingerprint density at radius 3 is 1.27 bits per heavy atom. The molecular weight excluding hydrogens is 396 g/mol. The molecule has 1 unspecified atom stereocenters. The summed E-state index contributed by atoms with van der Waals surface area (Å²) in [6, 6.07) is 0. The van der Waals surface area contributed by atoms with Crippen LogP contribution in [0.4, 0.5) is 0 Å². The fourth-order valence-electron chi connectivity index (χ4n) is 2.00.